The topological polar surface area (TPSA) is 70.3 Å². The maximum Gasteiger partial charge on any atom is 0.336 e. The molecule has 0 atom stereocenters. The highest BCUT2D eigenvalue weighted by molar-refractivity contribution is 5.96. The number of nitriles is 1. The Morgan fingerprint density at radius 3 is 2.60 bits per heavy atom. The fourth-order valence-corrected chi connectivity index (χ4v) is 4.17. The summed E-state index contributed by atoms with van der Waals surface area (Å²) in [5, 5.41) is 18.5. The number of carbonyl (C=O) groups is 1. The Labute approximate surface area is 177 Å². The number of hydrogen-bond acceptors (Lipinski definition) is 3. The lowest BCUT2D eigenvalue weighted by Crippen LogP contribution is -2.18. The van der Waals surface area contributed by atoms with Gasteiger partial charge in [-0.1, -0.05) is 31.5 Å². The van der Waals surface area contributed by atoms with Crippen LogP contribution in [0.1, 0.15) is 72.9 Å². The lowest BCUT2D eigenvalue weighted by molar-refractivity contribution is 0.0697. The minimum atomic E-state index is -1.05. The maximum absolute atomic E-state index is 14.1. The van der Waals surface area contributed by atoms with Crippen molar-refractivity contribution in [3.63, 3.8) is 0 Å². The number of nitrogens with zero attached hydrogens (tertiary/aromatic N) is 1. The van der Waals surface area contributed by atoms with Gasteiger partial charge in [0.2, 0.25) is 0 Å². The molecule has 4 nitrogen and oxygen atoms in total. The van der Waals surface area contributed by atoms with Gasteiger partial charge in [0.05, 0.1) is 11.1 Å². The van der Waals surface area contributed by atoms with Crippen LogP contribution in [0.3, 0.4) is 0 Å². The number of unbranched alkanes of at least 4 members (excludes halogenated alkanes) is 1. The van der Waals surface area contributed by atoms with Crippen molar-refractivity contribution in [2.75, 3.05) is 13.2 Å². The van der Waals surface area contributed by atoms with E-state index in [0.29, 0.717) is 23.0 Å². The van der Waals surface area contributed by atoms with Gasteiger partial charge in [-0.15, -0.1) is 0 Å². The van der Waals surface area contributed by atoms with E-state index in [1.807, 2.05) is 12.1 Å². The van der Waals surface area contributed by atoms with Crippen LogP contribution in [0.15, 0.2) is 36.4 Å². The SMILES string of the molecule is CCCCOCC1CCC(c2ccc(C(=O)O)c(-c3ccc(C#N)c(F)c3)c2)CC1. The Morgan fingerprint density at radius 2 is 1.97 bits per heavy atom. The Balaban J connectivity index is 1.76. The molecule has 1 saturated carbocycles. The minimum absolute atomic E-state index is 0.0498. The quantitative estimate of drug-likeness (QED) is 0.531. The summed E-state index contributed by atoms with van der Waals surface area (Å²) in [7, 11) is 0. The normalized spacial score (nSPS) is 18.7. The third-order valence-corrected chi connectivity index (χ3v) is 5.99. The predicted octanol–water partition coefficient (Wildman–Crippen LogP) is 6.15. The third-order valence-electron chi connectivity index (χ3n) is 5.99. The molecule has 0 unspecified atom stereocenters. The number of carboxylic acid groups (broad SMARTS) is 1. The first-order valence-corrected chi connectivity index (χ1v) is 10.7. The molecule has 0 heterocycles. The standard InChI is InChI=1S/C25H28FNO3/c1-2-3-12-30-16-17-4-6-18(7-5-17)19-10-11-22(25(28)29)23(13-19)20-8-9-21(15-27)24(26)14-20/h8-11,13-14,17-18H,2-7,12,16H2,1H3,(H,28,29). The van der Waals surface area contributed by atoms with E-state index in [0.717, 1.165) is 57.3 Å². The van der Waals surface area contributed by atoms with Crippen molar-refractivity contribution in [3.8, 4) is 17.2 Å². The van der Waals surface area contributed by atoms with Crippen molar-refractivity contribution in [2.45, 2.75) is 51.4 Å². The highest BCUT2D eigenvalue weighted by Gasteiger charge is 2.24. The van der Waals surface area contributed by atoms with Gasteiger partial charge in [0, 0.05) is 13.2 Å². The van der Waals surface area contributed by atoms with Crippen LogP contribution in [-0.4, -0.2) is 24.3 Å². The summed E-state index contributed by atoms with van der Waals surface area (Å²) >= 11 is 0. The number of carboxylic acids is 1. The summed E-state index contributed by atoms with van der Waals surface area (Å²) in [5.41, 5.74) is 2.15. The van der Waals surface area contributed by atoms with Gasteiger partial charge in [0.1, 0.15) is 11.9 Å². The summed E-state index contributed by atoms with van der Waals surface area (Å²) in [6.45, 7) is 3.81. The molecule has 0 bridgehead atoms. The fourth-order valence-electron chi connectivity index (χ4n) is 4.17. The molecule has 1 N–H and O–H groups in total. The first-order valence-electron chi connectivity index (χ1n) is 10.7. The molecule has 0 saturated heterocycles. The number of halogens is 1. The van der Waals surface area contributed by atoms with Crippen LogP contribution in [0, 0.1) is 23.1 Å². The van der Waals surface area contributed by atoms with E-state index in [1.54, 1.807) is 18.2 Å². The molecule has 1 aliphatic carbocycles. The molecule has 3 rings (SSSR count). The summed E-state index contributed by atoms with van der Waals surface area (Å²) in [4.78, 5) is 11.7. The lowest BCUT2D eigenvalue weighted by atomic mass is 9.78. The molecular weight excluding hydrogens is 381 g/mol. The second-order valence-electron chi connectivity index (χ2n) is 8.06. The van der Waals surface area contributed by atoms with Gasteiger partial charge in [-0.3, -0.25) is 0 Å². The van der Waals surface area contributed by atoms with E-state index < -0.39 is 11.8 Å². The summed E-state index contributed by atoms with van der Waals surface area (Å²) in [6, 6.07) is 11.4. The second kappa shape index (κ2) is 10.4. The number of aromatic carboxylic acids is 1. The number of benzene rings is 2. The summed E-state index contributed by atoms with van der Waals surface area (Å²) < 4.78 is 19.9. The summed E-state index contributed by atoms with van der Waals surface area (Å²) in [6.07, 6.45) is 6.51. The molecular formula is C25H28FNO3. The van der Waals surface area contributed by atoms with Gasteiger partial charge in [0.25, 0.3) is 0 Å². The average molecular weight is 410 g/mol. The highest BCUT2D eigenvalue weighted by Crippen LogP contribution is 2.38. The average Bonchev–Trinajstić information content (AvgIpc) is 2.76. The van der Waals surface area contributed by atoms with Crippen molar-refractivity contribution >= 4 is 5.97 Å². The molecule has 2 aromatic carbocycles. The molecule has 0 aliphatic heterocycles. The van der Waals surface area contributed by atoms with E-state index in [1.165, 1.54) is 12.1 Å². The largest absolute Gasteiger partial charge is 0.478 e. The van der Waals surface area contributed by atoms with Gasteiger partial charge in [-0.05, 0) is 78.8 Å². The smallest absolute Gasteiger partial charge is 0.336 e. The van der Waals surface area contributed by atoms with Crippen LogP contribution in [-0.2, 0) is 4.74 Å². The predicted molar refractivity (Wildman–Crippen MR) is 114 cm³/mol. The maximum atomic E-state index is 14.1. The molecule has 2 aromatic rings. The first kappa shape index (κ1) is 22.0. The molecule has 5 heteroatoms. The van der Waals surface area contributed by atoms with Crippen molar-refractivity contribution in [3.05, 3.63) is 58.9 Å². The number of ether oxygens (including phenoxy) is 1. The zero-order valence-electron chi connectivity index (χ0n) is 17.4. The Morgan fingerprint density at radius 1 is 1.20 bits per heavy atom. The Hall–Kier alpha value is -2.71. The van der Waals surface area contributed by atoms with Crippen LogP contribution in [0.5, 0.6) is 0 Å². The molecule has 1 fully saturated rings. The molecule has 0 spiro atoms. The van der Waals surface area contributed by atoms with Crippen molar-refractivity contribution in [1.29, 1.82) is 5.26 Å². The molecule has 0 radical (unpaired) electrons. The zero-order chi connectivity index (χ0) is 21.5. The van der Waals surface area contributed by atoms with Crippen LogP contribution >= 0.6 is 0 Å². The molecule has 0 amide bonds. The van der Waals surface area contributed by atoms with Crippen LogP contribution < -0.4 is 0 Å². The van der Waals surface area contributed by atoms with Gasteiger partial charge in [0.15, 0.2) is 0 Å². The first-order chi connectivity index (χ1) is 14.5. The van der Waals surface area contributed by atoms with Gasteiger partial charge in [-0.25, -0.2) is 9.18 Å². The summed E-state index contributed by atoms with van der Waals surface area (Å²) in [5.74, 6) is -0.736. The fraction of sp³-hybridized carbons (Fsp3) is 0.440. The van der Waals surface area contributed by atoms with E-state index >= 15 is 0 Å². The third kappa shape index (κ3) is 5.25. The van der Waals surface area contributed by atoms with E-state index in [-0.39, 0.29) is 11.1 Å². The Kier molecular flexibility index (Phi) is 7.59. The minimum Gasteiger partial charge on any atom is -0.478 e. The van der Waals surface area contributed by atoms with Crippen molar-refractivity contribution in [1.82, 2.24) is 0 Å². The van der Waals surface area contributed by atoms with Crippen LogP contribution in [0.4, 0.5) is 4.39 Å². The van der Waals surface area contributed by atoms with E-state index in [9.17, 15) is 14.3 Å². The lowest BCUT2D eigenvalue weighted by Gasteiger charge is -2.29. The van der Waals surface area contributed by atoms with Gasteiger partial charge >= 0.3 is 5.97 Å². The van der Waals surface area contributed by atoms with Crippen LogP contribution in [0.25, 0.3) is 11.1 Å². The van der Waals surface area contributed by atoms with Crippen molar-refractivity contribution in [2.24, 2.45) is 5.92 Å². The van der Waals surface area contributed by atoms with E-state index in [2.05, 4.69) is 6.92 Å². The molecule has 0 aromatic heterocycles. The molecule has 1 aliphatic rings. The van der Waals surface area contributed by atoms with Gasteiger partial charge in [-0.2, -0.15) is 5.26 Å². The van der Waals surface area contributed by atoms with E-state index in [4.69, 9.17) is 10.00 Å². The number of rotatable bonds is 8. The van der Waals surface area contributed by atoms with Crippen LogP contribution in [0.2, 0.25) is 0 Å². The highest BCUT2D eigenvalue weighted by atomic mass is 19.1. The molecule has 158 valence electrons. The monoisotopic (exact) mass is 409 g/mol. The van der Waals surface area contributed by atoms with Crippen molar-refractivity contribution < 1.29 is 19.0 Å². The van der Waals surface area contributed by atoms with Gasteiger partial charge < -0.3 is 9.84 Å². The number of hydrogen-bond donors (Lipinski definition) is 1. The molecule has 30 heavy (non-hydrogen) atoms. The Bertz CT molecular complexity index is 926. The second-order valence-corrected chi connectivity index (χ2v) is 8.06. The zero-order valence-corrected chi connectivity index (χ0v) is 17.4.